The first-order valence-corrected chi connectivity index (χ1v) is 8.72. The molecule has 0 amide bonds. The van der Waals surface area contributed by atoms with Crippen LogP contribution in [-0.4, -0.2) is 31.6 Å². The molecule has 2 aromatic carbocycles. The van der Waals surface area contributed by atoms with Gasteiger partial charge < -0.3 is 9.64 Å². The van der Waals surface area contributed by atoms with Gasteiger partial charge >= 0.3 is 0 Å². The van der Waals surface area contributed by atoms with Crippen molar-refractivity contribution in [3.05, 3.63) is 65.7 Å². The SMILES string of the molecule is COc1ccc(CCN2CCCC(Cc3ccccc3)C2)cc1. The lowest BCUT2D eigenvalue weighted by Crippen LogP contribution is -2.37. The molecule has 1 atom stereocenters. The fourth-order valence-electron chi connectivity index (χ4n) is 3.55. The summed E-state index contributed by atoms with van der Waals surface area (Å²) in [6.45, 7) is 3.66. The number of rotatable bonds is 6. The van der Waals surface area contributed by atoms with Crippen molar-refractivity contribution >= 4 is 0 Å². The number of hydrogen-bond acceptors (Lipinski definition) is 2. The molecule has 1 heterocycles. The van der Waals surface area contributed by atoms with Gasteiger partial charge in [-0.3, -0.25) is 0 Å². The molecule has 0 bridgehead atoms. The number of nitrogens with zero attached hydrogens (tertiary/aromatic N) is 1. The summed E-state index contributed by atoms with van der Waals surface area (Å²) in [6, 6.07) is 19.4. The summed E-state index contributed by atoms with van der Waals surface area (Å²) in [5, 5.41) is 0. The summed E-state index contributed by atoms with van der Waals surface area (Å²) in [6.07, 6.45) is 5.05. The van der Waals surface area contributed by atoms with E-state index in [4.69, 9.17) is 4.74 Å². The number of hydrogen-bond donors (Lipinski definition) is 0. The molecule has 23 heavy (non-hydrogen) atoms. The molecular formula is C21H27NO. The number of benzene rings is 2. The Morgan fingerprint density at radius 2 is 1.78 bits per heavy atom. The second-order valence-electron chi connectivity index (χ2n) is 6.60. The zero-order chi connectivity index (χ0) is 15.9. The summed E-state index contributed by atoms with van der Waals surface area (Å²) in [5.74, 6) is 1.75. The minimum atomic E-state index is 0.807. The van der Waals surface area contributed by atoms with Crippen molar-refractivity contribution in [1.82, 2.24) is 4.90 Å². The molecule has 0 N–H and O–H groups in total. The van der Waals surface area contributed by atoms with Gasteiger partial charge in [0.05, 0.1) is 7.11 Å². The van der Waals surface area contributed by atoms with Gasteiger partial charge in [0.15, 0.2) is 0 Å². The summed E-state index contributed by atoms with van der Waals surface area (Å²) < 4.78 is 5.22. The zero-order valence-corrected chi connectivity index (χ0v) is 14.1. The Balaban J connectivity index is 1.48. The molecule has 122 valence electrons. The second-order valence-corrected chi connectivity index (χ2v) is 6.60. The Kier molecular flexibility index (Phi) is 5.71. The zero-order valence-electron chi connectivity index (χ0n) is 14.1. The average Bonchev–Trinajstić information content (AvgIpc) is 2.62. The van der Waals surface area contributed by atoms with Crippen LogP contribution in [0.1, 0.15) is 24.0 Å². The molecule has 2 nitrogen and oxygen atoms in total. The molecule has 0 aliphatic carbocycles. The maximum Gasteiger partial charge on any atom is 0.118 e. The monoisotopic (exact) mass is 309 g/mol. The summed E-state index contributed by atoms with van der Waals surface area (Å²) in [7, 11) is 1.72. The third-order valence-electron chi connectivity index (χ3n) is 4.85. The highest BCUT2D eigenvalue weighted by atomic mass is 16.5. The van der Waals surface area contributed by atoms with Gasteiger partial charge in [-0.2, -0.15) is 0 Å². The van der Waals surface area contributed by atoms with E-state index in [1.54, 1.807) is 7.11 Å². The molecule has 3 rings (SSSR count). The Labute approximate surface area is 140 Å². The van der Waals surface area contributed by atoms with Gasteiger partial charge in [-0.15, -0.1) is 0 Å². The normalized spacial score (nSPS) is 18.7. The Bertz CT molecular complexity index is 579. The summed E-state index contributed by atoms with van der Waals surface area (Å²) >= 11 is 0. The number of likely N-dealkylation sites (tertiary alicyclic amines) is 1. The van der Waals surface area contributed by atoms with E-state index in [-0.39, 0.29) is 0 Å². The minimum absolute atomic E-state index is 0.807. The van der Waals surface area contributed by atoms with Crippen molar-refractivity contribution in [3.8, 4) is 5.75 Å². The van der Waals surface area contributed by atoms with Gasteiger partial charge in [-0.25, -0.2) is 0 Å². The quantitative estimate of drug-likeness (QED) is 0.793. The van der Waals surface area contributed by atoms with Crippen molar-refractivity contribution in [1.29, 1.82) is 0 Å². The molecule has 0 saturated carbocycles. The first-order valence-electron chi connectivity index (χ1n) is 8.72. The van der Waals surface area contributed by atoms with E-state index in [0.29, 0.717) is 0 Å². The largest absolute Gasteiger partial charge is 0.497 e. The Morgan fingerprint density at radius 3 is 2.52 bits per heavy atom. The predicted molar refractivity (Wildman–Crippen MR) is 96.0 cm³/mol. The lowest BCUT2D eigenvalue weighted by Gasteiger charge is -2.33. The van der Waals surface area contributed by atoms with E-state index in [1.165, 1.54) is 43.5 Å². The summed E-state index contributed by atoms with van der Waals surface area (Å²) in [4.78, 5) is 2.64. The molecule has 1 unspecified atom stereocenters. The van der Waals surface area contributed by atoms with Crippen LogP contribution in [0.3, 0.4) is 0 Å². The minimum Gasteiger partial charge on any atom is -0.497 e. The van der Waals surface area contributed by atoms with Crippen molar-refractivity contribution in [2.75, 3.05) is 26.7 Å². The first-order chi connectivity index (χ1) is 11.3. The first kappa shape index (κ1) is 16.1. The maximum atomic E-state index is 5.22. The van der Waals surface area contributed by atoms with E-state index < -0.39 is 0 Å². The van der Waals surface area contributed by atoms with Crippen LogP contribution in [0.2, 0.25) is 0 Å². The van der Waals surface area contributed by atoms with Crippen LogP contribution < -0.4 is 4.74 Å². The van der Waals surface area contributed by atoms with Gasteiger partial charge in [0.1, 0.15) is 5.75 Å². The molecule has 2 heteroatoms. The van der Waals surface area contributed by atoms with Gasteiger partial charge in [-0.05, 0) is 61.4 Å². The van der Waals surface area contributed by atoms with Crippen LogP contribution >= 0.6 is 0 Å². The maximum absolute atomic E-state index is 5.22. The van der Waals surface area contributed by atoms with E-state index in [9.17, 15) is 0 Å². The van der Waals surface area contributed by atoms with Crippen LogP contribution in [0.15, 0.2) is 54.6 Å². The molecule has 1 aliphatic rings. The molecule has 0 radical (unpaired) electrons. The lowest BCUT2D eigenvalue weighted by molar-refractivity contribution is 0.176. The van der Waals surface area contributed by atoms with E-state index in [1.807, 2.05) is 0 Å². The smallest absolute Gasteiger partial charge is 0.118 e. The molecule has 0 aromatic heterocycles. The van der Waals surface area contributed by atoms with Gasteiger partial charge in [0, 0.05) is 13.1 Å². The van der Waals surface area contributed by atoms with Crippen LogP contribution in [0.5, 0.6) is 5.75 Å². The Morgan fingerprint density at radius 1 is 1.00 bits per heavy atom. The van der Waals surface area contributed by atoms with Crippen molar-refractivity contribution < 1.29 is 4.74 Å². The third kappa shape index (κ3) is 4.84. The van der Waals surface area contributed by atoms with E-state index in [2.05, 4.69) is 59.5 Å². The van der Waals surface area contributed by atoms with Crippen molar-refractivity contribution in [2.45, 2.75) is 25.7 Å². The van der Waals surface area contributed by atoms with Crippen LogP contribution in [0.4, 0.5) is 0 Å². The van der Waals surface area contributed by atoms with Crippen LogP contribution in [0, 0.1) is 5.92 Å². The van der Waals surface area contributed by atoms with Gasteiger partial charge in [0.25, 0.3) is 0 Å². The summed E-state index contributed by atoms with van der Waals surface area (Å²) in [5.41, 5.74) is 2.88. The third-order valence-corrected chi connectivity index (χ3v) is 4.85. The van der Waals surface area contributed by atoms with E-state index >= 15 is 0 Å². The highest BCUT2D eigenvalue weighted by Gasteiger charge is 2.19. The Hall–Kier alpha value is -1.80. The van der Waals surface area contributed by atoms with E-state index in [0.717, 1.165) is 24.6 Å². The molecule has 2 aromatic rings. The fraction of sp³-hybridized carbons (Fsp3) is 0.429. The van der Waals surface area contributed by atoms with Gasteiger partial charge in [-0.1, -0.05) is 42.5 Å². The fourth-order valence-corrected chi connectivity index (χ4v) is 3.55. The van der Waals surface area contributed by atoms with Gasteiger partial charge in [0.2, 0.25) is 0 Å². The molecular weight excluding hydrogens is 282 g/mol. The van der Waals surface area contributed by atoms with Crippen molar-refractivity contribution in [3.63, 3.8) is 0 Å². The number of methoxy groups -OCH3 is 1. The highest BCUT2D eigenvalue weighted by Crippen LogP contribution is 2.21. The average molecular weight is 309 g/mol. The van der Waals surface area contributed by atoms with Crippen molar-refractivity contribution in [2.24, 2.45) is 5.92 Å². The molecule has 0 spiro atoms. The number of piperidine rings is 1. The molecule has 1 saturated heterocycles. The predicted octanol–water partition coefficient (Wildman–Crippen LogP) is 4.19. The lowest BCUT2D eigenvalue weighted by atomic mass is 9.91. The standard InChI is InChI=1S/C21H27NO/c1-23-21-11-9-18(10-12-21)13-15-22-14-5-8-20(17-22)16-19-6-3-2-4-7-19/h2-4,6-7,9-12,20H,5,8,13-17H2,1H3. The second kappa shape index (κ2) is 8.16. The molecule has 1 fully saturated rings. The topological polar surface area (TPSA) is 12.5 Å². The highest BCUT2D eigenvalue weighted by molar-refractivity contribution is 5.27. The van der Waals surface area contributed by atoms with Crippen LogP contribution in [-0.2, 0) is 12.8 Å². The molecule has 1 aliphatic heterocycles. The van der Waals surface area contributed by atoms with Crippen LogP contribution in [0.25, 0.3) is 0 Å². The number of ether oxygens (including phenoxy) is 1.